The number of rotatable bonds is 4. The molecule has 0 aromatic heterocycles. The summed E-state index contributed by atoms with van der Waals surface area (Å²) < 4.78 is 5.19. The van der Waals surface area contributed by atoms with Crippen molar-refractivity contribution in [3.8, 4) is 5.75 Å². The van der Waals surface area contributed by atoms with Gasteiger partial charge in [0, 0.05) is 31.9 Å². The van der Waals surface area contributed by atoms with Crippen LogP contribution in [0.1, 0.15) is 16.8 Å². The maximum Gasteiger partial charge on any atom is 0.254 e. The number of hydrogen-bond acceptors (Lipinski definition) is 5. The monoisotopic (exact) mass is 408 g/mol. The summed E-state index contributed by atoms with van der Waals surface area (Å²) in [5, 5.41) is 5.42. The van der Waals surface area contributed by atoms with E-state index in [1.807, 2.05) is 24.3 Å². The highest BCUT2D eigenvalue weighted by molar-refractivity contribution is 6.10. The molecular formula is C22H24N4O4. The Hall–Kier alpha value is -3.55. The first-order valence-electron chi connectivity index (χ1n) is 9.92. The molecule has 4 rings (SSSR count). The van der Waals surface area contributed by atoms with Crippen LogP contribution in [0, 0.1) is 0 Å². The van der Waals surface area contributed by atoms with Crippen LogP contribution in [0.4, 0.5) is 11.4 Å². The molecule has 0 unspecified atom stereocenters. The van der Waals surface area contributed by atoms with Gasteiger partial charge in [-0.3, -0.25) is 14.4 Å². The van der Waals surface area contributed by atoms with Crippen molar-refractivity contribution in [2.45, 2.75) is 12.5 Å². The molecule has 8 nitrogen and oxygen atoms in total. The van der Waals surface area contributed by atoms with E-state index in [2.05, 4.69) is 15.5 Å². The number of nitrogens with zero attached hydrogens (tertiary/aromatic N) is 2. The SMILES string of the molecule is COc1ccc(N2CCN(C(=O)C[C@@H]3NC(=O)c4ccccc4NC3=O)CC2)cc1. The fourth-order valence-corrected chi connectivity index (χ4v) is 3.77. The van der Waals surface area contributed by atoms with E-state index in [4.69, 9.17) is 4.74 Å². The normalized spacial score (nSPS) is 18.8. The molecule has 0 aliphatic carbocycles. The van der Waals surface area contributed by atoms with Crippen LogP contribution >= 0.6 is 0 Å². The van der Waals surface area contributed by atoms with Crippen LogP contribution in [0.15, 0.2) is 48.5 Å². The van der Waals surface area contributed by atoms with Gasteiger partial charge in [0.15, 0.2) is 0 Å². The Labute approximate surface area is 174 Å². The van der Waals surface area contributed by atoms with Gasteiger partial charge in [0.2, 0.25) is 11.8 Å². The van der Waals surface area contributed by atoms with Crippen LogP contribution in [0.25, 0.3) is 0 Å². The number of carbonyl (C=O) groups excluding carboxylic acids is 3. The molecule has 8 heteroatoms. The lowest BCUT2D eigenvalue weighted by molar-refractivity contribution is -0.134. The van der Waals surface area contributed by atoms with Crippen molar-refractivity contribution < 1.29 is 19.1 Å². The van der Waals surface area contributed by atoms with Gasteiger partial charge in [-0.2, -0.15) is 0 Å². The lowest BCUT2D eigenvalue weighted by Gasteiger charge is -2.36. The molecule has 0 radical (unpaired) electrons. The van der Waals surface area contributed by atoms with Crippen molar-refractivity contribution in [2.75, 3.05) is 43.5 Å². The van der Waals surface area contributed by atoms with E-state index in [0.717, 1.165) is 11.4 Å². The second-order valence-corrected chi connectivity index (χ2v) is 7.33. The Kier molecular flexibility index (Phi) is 5.56. The largest absolute Gasteiger partial charge is 0.497 e. The van der Waals surface area contributed by atoms with Crippen molar-refractivity contribution >= 4 is 29.1 Å². The standard InChI is InChI=1S/C22H24N4O4/c1-30-16-8-6-15(7-9-16)25-10-12-26(13-11-25)20(27)14-19-22(29)23-18-5-3-2-4-17(18)21(28)24-19/h2-9,19H,10-14H2,1H3,(H,23,29)(H,24,28)/t19-/m0/s1. The molecule has 30 heavy (non-hydrogen) atoms. The third kappa shape index (κ3) is 4.07. The maximum absolute atomic E-state index is 12.8. The zero-order valence-electron chi connectivity index (χ0n) is 16.8. The molecule has 0 spiro atoms. The van der Waals surface area contributed by atoms with E-state index in [1.165, 1.54) is 0 Å². The number of nitrogens with one attached hydrogen (secondary N) is 2. The quantitative estimate of drug-likeness (QED) is 0.800. The third-order valence-corrected chi connectivity index (χ3v) is 5.50. The summed E-state index contributed by atoms with van der Waals surface area (Å²) in [6.45, 7) is 2.53. The predicted molar refractivity (Wildman–Crippen MR) is 113 cm³/mol. The maximum atomic E-state index is 12.8. The smallest absolute Gasteiger partial charge is 0.254 e. The van der Waals surface area contributed by atoms with Crippen molar-refractivity contribution in [1.29, 1.82) is 0 Å². The summed E-state index contributed by atoms with van der Waals surface area (Å²) in [6, 6.07) is 13.7. The highest BCUT2D eigenvalue weighted by atomic mass is 16.5. The summed E-state index contributed by atoms with van der Waals surface area (Å²) in [7, 11) is 1.63. The molecule has 0 bridgehead atoms. The van der Waals surface area contributed by atoms with Crippen LogP contribution in [-0.4, -0.2) is 62.0 Å². The Bertz CT molecular complexity index is 952. The number of methoxy groups -OCH3 is 1. The molecule has 1 fully saturated rings. The topological polar surface area (TPSA) is 91.0 Å². The van der Waals surface area contributed by atoms with Gasteiger partial charge in [-0.05, 0) is 36.4 Å². The van der Waals surface area contributed by atoms with Gasteiger partial charge in [-0.1, -0.05) is 12.1 Å². The molecular weight excluding hydrogens is 384 g/mol. The molecule has 1 atom stereocenters. The Morgan fingerprint density at radius 2 is 1.73 bits per heavy atom. The van der Waals surface area contributed by atoms with Gasteiger partial charge in [-0.15, -0.1) is 0 Å². The number of ether oxygens (including phenoxy) is 1. The van der Waals surface area contributed by atoms with Crippen molar-refractivity contribution in [3.05, 3.63) is 54.1 Å². The fraction of sp³-hybridized carbons (Fsp3) is 0.318. The minimum atomic E-state index is -0.892. The van der Waals surface area contributed by atoms with Crippen molar-refractivity contribution in [3.63, 3.8) is 0 Å². The average Bonchev–Trinajstić information content (AvgIpc) is 2.90. The summed E-state index contributed by atoms with van der Waals surface area (Å²) >= 11 is 0. The number of amides is 3. The first-order valence-corrected chi connectivity index (χ1v) is 9.92. The van der Waals surface area contributed by atoms with Gasteiger partial charge in [0.1, 0.15) is 11.8 Å². The zero-order valence-corrected chi connectivity index (χ0v) is 16.8. The summed E-state index contributed by atoms with van der Waals surface area (Å²) in [4.78, 5) is 41.7. The van der Waals surface area contributed by atoms with Gasteiger partial charge in [0.25, 0.3) is 5.91 Å². The number of piperazine rings is 1. The first-order chi connectivity index (χ1) is 14.5. The number of carbonyl (C=O) groups is 3. The highest BCUT2D eigenvalue weighted by Gasteiger charge is 2.31. The molecule has 2 heterocycles. The van der Waals surface area contributed by atoms with Crippen LogP contribution in [0.3, 0.4) is 0 Å². The molecule has 2 N–H and O–H groups in total. The number of para-hydroxylation sites is 1. The van der Waals surface area contributed by atoms with E-state index < -0.39 is 6.04 Å². The second kappa shape index (κ2) is 8.44. The van der Waals surface area contributed by atoms with E-state index in [0.29, 0.717) is 37.4 Å². The molecule has 0 saturated carbocycles. The number of fused-ring (bicyclic) bond motifs is 1. The van der Waals surface area contributed by atoms with Gasteiger partial charge >= 0.3 is 0 Å². The zero-order chi connectivity index (χ0) is 21.1. The van der Waals surface area contributed by atoms with Gasteiger partial charge < -0.3 is 25.2 Å². The van der Waals surface area contributed by atoms with E-state index in [-0.39, 0.29) is 24.1 Å². The molecule has 3 amide bonds. The molecule has 2 aliphatic heterocycles. The lowest BCUT2D eigenvalue weighted by atomic mass is 10.1. The van der Waals surface area contributed by atoms with E-state index in [9.17, 15) is 14.4 Å². The van der Waals surface area contributed by atoms with Crippen LogP contribution in [0.5, 0.6) is 5.75 Å². The lowest BCUT2D eigenvalue weighted by Crippen LogP contribution is -2.51. The minimum absolute atomic E-state index is 0.0614. The second-order valence-electron chi connectivity index (χ2n) is 7.33. The Morgan fingerprint density at radius 3 is 2.43 bits per heavy atom. The molecule has 2 aromatic carbocycles. The third-order valence-electron chi connectivity index (χ3n) is 5.50. The predicted octanol–water partition coefficient (Wildman–Crippen LogP) is 1.48. The summed E-state index contributed by atoms with van der Waals surface area (Å²) in [6.07, 6.45) is -0.0614. The fourth-order valence-electron chi connectivity index (χ4n) is 3.77. The Morgan fingerprint density at radius 1 is 1.03 bits per heavy atom. The molecule has 2 aliphatic rings. The Balaban J connectivity index is 1.34. The van der Waals surface area contributed by atoms with E-state index >= 15 is 0 Å². The minimum Gasteiger partial charge on any atom is -0.497 e. The van der Waals surface area contributed by atoms with Gasteiger partial charge in [-0.25, -0.2) is 0 Å². The average molecular weight is 408 g/mol. The van der Waals surface area contributed by atoms with Crippen LogP contribution < -0.4 is 20.3 Å². The van der Waals surface area contributed by atoms with Crippen LogP contribution in [0.2, 0.25) is 0 Å². The first kappa shape index (κ1) is 19.8. The number of hydrogen-bond donors (Lipinski definition) is 2. The van der Waals surface area contributed by atoms with Crippen LogP contribution in [-0.2, 0) is 9.59 Å². The van der Waals surface area contributed by atoms with Crippen molar-refractivity contribution in [1.82, 2.24) is 10.2 Å². The highest BCUT2D eigenvalue weighted by Crippen LogP contribution is 2.22. The number of anilines is 2. The molecule has 156 valence electrons. The van der Waals surface area contributed by atoms with E-state index in [1.54, 1.807) is 36.3 Å². The van der Waals surface area contributed by atoms with Crippen molar-refractivity contribution in [2.24, 2.45) is 0 Å². The van der Waals surface area contributed by atoms with Gasteiger partial charge in [0.05, 0.1) is 24.8 Å². The summed E-state index contributed by atoms with van der Waals surface area (Å²) in [5.74, 6) is -0.0705. The molecule has 2 aromatic rings. The molecule has 1 saturated heterocycles. The number of benzene rings is 2. The summed E-state index contributed by atoms with van der Waals surface area (Å²) in [5.41, 5.74) is 1.94.